The highest BCUT2D eigenvalue weighted by Crippen LogP contribution is 2.23. The largest absolute Gasteiger partial charge is 0.490 e. The maximum Gasteiger partial charge on any atom is 0.490 e. The number of nitrogens with one attached hydrogen (secondary N) is 1. The van der Waals surface area contributed by atoms with Gasteiger partial charge in [0.2, 0.25) is 0 Å². The molecule has 2 fully saturated rings. The Morgan fingerprint density at radius 2 is 1.73 bits per heavy atom. The topological polar surface area (TPSA) is 55.8 Å². The average Bonchev–Trinajstić information content (AvgIpc) is 2.42. The highest BCUT2D eigenvalue weighted by Gasteiger charge is 2.38. The van der Waals surface area contributed by atoms with E-state index < -0.39 is 12.1 Å². The van der Waals surface area contributed by atoms with Gasteiger partial charge < -0.3 is 10.4 Å². The van der Waals surface area contributed by atoms with E-state index in [1.54, 1.807) is 0 Å². The smallest absolute Gasteiger partial charge is 0.475 e. The fraction of sp³-hybridized carbons (Fsp3) is 0.929. The van der Waals surface area contributed by atoms with E-state index in [-0.39, 0.29) is 0 Å². The molecule has 0 unspecified atom stereocenters. The van der Waals surface area contributed by atoms with Gasteiger partial charge in [0, 0.05) is 31.2 Å². The monoisotopic (exact) mass is 325 g/mol. The summed E-state index contributed by atoms with van der Waals surface area (Å²) in [5.41, 5.74) is 0.350. The predicted molar refractivity (Wildman–Crippen MR) is 77.9 cm³/mol. The van der Waals surface area contributed by atoms with Gasteiger partial charge in [-0.2, -0.15) is 13.2 Å². The lowest BCUT2D eigenvalue weighted by Crippen LogP contribution is -2.60. The van der Waals surface area contributed by atoms with Crippen LogP contribution in [0.1, 0.15) is 26.7 Å². The molecular formula is C14H26F3N3O2. The molecule has 0 bridgehead atoms. The Kier molecular flexibility index (Phi) is 6.64. The summed E-state index contributed by atoms with van der Waals surface area (Å²) in [6, 6.07) is 0.833. The zero-order valence-electron chi connectivity index (χ0n) is 13.4. The number of hydrogen-bond donors (Lipinski definition) is 2. The van der Waals surface area contributed by atoms with E-state index >= 15 is 0 Å². The number of carboxylic acid groups (broad SMARTS) is 1. The zero-order chi connectivity index (χ0) is 17.0. The average molecular weight is 325 g/mol. The van der Waals surface area contributed by atoms with Crippen LogP contribution in [0.3, 0.4) is 0 Å². The van der Waals surface area contributed by atoms with Gasteiger partial charge in [-0.1, -0.05) is 0 Å². The van der Waals surface area contributed by atoms with Crippen LogP contribution in [-0.4, -0.2) is 78.4 Å². The maximum atomic E-state index is 10.6. The summed E-state index contributed by atoms with van der Waals surface area (Å²) < 4.78 is 31.7. The second-order valence-corrected chi connectivity index (χ2v) is 6.49. The lowest BCUT2D eigenvalue weighted by atomic mass is 9.95. The third kappa shape index (κ3) is 5.73. The molecule has 0 amide bonds. The van der Waals surface area contributed by atoms with Gasteiger partial charge in [0.1, 0.15) is 0 Å². The number of piperidine rings is 1. The summed E-state index contributed by atoms with van der Waals surface area (Å²) in [6.07, 6.45) is -2.42. The molecule has 22 heavy (non-hydrogen) atoms. The molecule has 2 saturated heterocycles. The second-order valence-electron chi connectivity index (χ2n) is 6.49. The van der Waals surface area contributed by atoms with Crippen LogP contribution in [0.5, 0.6) is 0 Å². The van der Waals surface area contributed by atoms with Crippen molar-refractivity contribution in [2.24, 2.45) is 0 Å². The molecule has 2 heterocycles. The molecule has 0 aromatic rings. The summed E-state index contributed by atoms with van der Waals surface area (Å²) >= 11 is 0. The van der Waals surface area contributed by atoms with Crippen molar-refractivity contribution in [1.29, 1.82) is 0 Å². The molecule has 8 heteroatoms. The van der Waals surface area contributed by atoms with Crippen LogP contribution >= 0.6 is 0 Å². The van der Waals surface area contributed by atoms with E-state index in [0.717, 1.165) is 6.04 Å². The zero-order valence-corrected chi connectivity index (χ0v) is 13.4. The van der Waals surface area contributed by atoms with Gasteiger partial charge in [-0.05, 0) is 46.8 Å². The number of nitrogens with zero attached hydrogens (tertiary/aromatic N) is 2. The Morgan fingerprint density at radius 3 is 2.14 bits per heavy atom. The Hall–Kier alpha value is -0.860. The summed E-state index contributed by atoms with van der Waals surface area (Å²) in [5, 5.41) is 10.6. The summed E-state index contributed by atoms with van der Waals surface area (Å²) in [4.78, 5) is 14.1. The molecule has 0 radical (unpaired) electrons. The molecule has 0 atom stereocenters. The molecule has 130 valence electrons. The highest BCUT2D eigenvalue weighted by molar-refractivity contribution is 5.73. The summed E-state index contributed by atoms with van der Waals surface area (Å²) in [5.74, 6) is -2.76. The first-order valence-electron chi connectivity index (χ1n) is 7.50. The van der Waals surface area contributed by atoms with Gasteiger partial charge in [0.25, 0.3) is 0 Å². The Bertz CT molecular complexity index is 369. The molecule has 0 aromatic heterocycles. The van der Waals surface area contributed by atoms with E-state index in [2.05, 4.69) is 36.0 Å². The van der Waals surface area contributed by atoms with Crippen molar-refractivity contribution in [3.8, 4) is 0 Å². The van der Waals surface area contributed by atoms with E-state index in [9.17, 15) is 13.2 Å². The van der Waals surface area contributed by atoms with Gasteiger partial charge in [0.05, 0.1) is 0 Å². The Balaban J connectivity index is 0.000000295. The molecule has 0 saturated carbocycles. The fourth-order valence-electron chi connectivity index (χ4n) is 2.76. The van der Waals surface area contributed by atoms with E-state index in [0.29, 0.717) is 5.54 Å². The number of carboxylic acids is 1. The van der Waals surface area contributed by atoms with Crippen LogP contribution < -0.4 is 5.32 Å². The van der Waals surface area contributed by atoms with Crippen LogP contribution in [0.25, 0.3) is 0 Å². The lowest BCUT2D eigenvalue weighted by Gasteiger charge is -2.48. The highest BCUT2D eigenvalue weighted by atomic mass is 19.4. The van der Waals surface area contributed by atoms with Crippen molar-refractivity contribution in [1.82, 2.24) is 15.1 Å². The number of piperazine rings is 1. The van der Waals surface area contributed by atoms with Gasteiger partial charge in [-0.3, -0.25) is 9.80 Å². The third-order valence-corrected chi connectivity index (χ3v) is 4.41. The number of alkyl halides is 3. The number of likely N-dealkylation sites (N-methyl/N-ethyl adjacent to an activating group) is 1. The van der Waals surface area contributed by atoms with Crippen LogP contribution in [0, 0.1) is 0 Å². The quantitative estimate of drug-likeness (QED) is 0.763. The van der Waals surface area contributed by atoms with Crippen molar-refractivity contribution in [2.75, 3.05) is 39.8 Å². The molecule has 2 aliphatic rings. The Morgan fingerprint density at radius 1 is 1.23 bits per heavy atom. The minimum absolute atomic E-state index is 0.350. The summed E-state index contributed by atoms with van der Waals surface area (Å²) in [7, 11) is 2.25. The van der Waals surface area contributed by atoms with Gasteiger partial charge in [-0.15, -0.1) is 0 Å². The molecule has 0 aromatic carbocycles. The van der Waals surface area contributed by atoms with Gasteiger partial charge in [-0.25, -0.2) is 4.79 Å². The number of rotatable bonds is 1. The summed E-state index contributed by atoms with van der Waals surface area (Å²) in [6.45, 7) is 10.8. The maximum absolute atomic E-state index is 10.6. The normalized spacial score (nSPS) is 24.5. The third-order valence-electron chi connectivity index (χ3n) is 4.41. The second kappa shape index (κ2) is 7.61. The lowest BCUT2D eigenvalue weighted by molar-refractivity contribution is -0.192. The van der Waals surface area contributed by atoms with Crippen LogP contribution in [0.4, 0.5) is 13.2 Å². The fourth-order valence-corrected chi connectivity index (χ4v) is 2.76. The van der Waals surface area contributed by atoms with E-state index in [4.69, 9.17) is 9.90 Å². The predicted octanol–water partition coefficient (Wildman–Crippen LogP) is 1.40. The molecule has 0 spiro atoms. The van der Waals surface area contributed by atoms with Crippen LogP contribution in [0.2, 0.25) is 0 Å². The van der Waals surface area contributed by atoms with Crippen LogP contribution in [0.15, 0.2) is 0 Å². The molecule has 5 nitrogen and oxygen atoms in total. The van der Waals surface area contributed by atoms with Gasteiger partial charge in [0.15, 0.2) is 0 Å². The van der Waals surface area contributed by atoms with Crippen molar-refractivity contribution < 1.29 is 23.1 Å². The molecular weight excluding hydrogens is 299 g/mol. The SMILES string of the molecule is CN1CCN(C2CCNCC2)CC1(C)C.O=C(O)C(F)(F)F. The van der Waals surface area contributed by atoms with Crippen molar-refractivity contribution in [3.63, 3.8) is 0 Å². The van der Waals surface area contributed by atoms with Gasteiger partial charge >= 0.3 is 12.1 Å². The number of halogens is 3. The number of hydrogen-bond acceptors (Lipinski definition) is 4. The Labute approximate surface area is 129 Å². The minimum atomic E-state index is -5.08. The molecule has 2 aliphatic heterocycles. The van der Waals surface area contributed by atoms with E-state index in [1.807, 2.05) is 0 Å². The molecule has 2 rings (SSSR count). The van der Waals surface area contributed by atoms with Crippen LogP contribution in [-0.2, 0) is 4.79 Å². The molecule has 0 aliphatic carbocycles. The van der Waals surface area contributed by atoms with E-state index in [1.165, 1.54) is 45.6 Å². The number of carbonyl (C=O) groups is 1. The first kappa shape index (κ1) is 19.2. The first-order valence-corrected chi connectivity index (χ1v) is 7.50. The standard InChI is InChI=1S/C12H25N3.C2HF3O2/c1-12(2)10-15(9-8-14(12)3)11-4-6-13-7-5-11;3-2(4,5)1(6)7/h11,13H,4-10H2,1-3H3;(H,6,7). The van der Waals surface area contributed by atoms with Crippen molar-refractivity contribution in [2.45, 2.75) is 44.4 Å². The minimum Gasteiger partial charge on any atom is -0.475 e. The number of aliphatic carboxylic acids is 1. The van der Waals surface area contributed by atoms with Crippen molar-refractivity contribution >= 4 is 5.97 Å². The first-order chi connectivity index (χ1) is 10.0. The van der Waals surface area contributed by atoms with Crippen molar-refractivity contribution in [3.05, 3.63) is 0 Å². The molecule has 2 N–H and O–H groups in total.